The number of fused-ring (bicyclic) bond motifs is 2. The van der Waals surface area contributed by atoms with Gasteiger partial charge in [-0.1, -0.05) is 29.5 Å². The first kappa shape index (κ1) is 19.3. The summed E-state index contributed by atoms with van der Waals surface area (Å²) in [4.78, 5) is 33.1. The molecule has 0 aliphatic carbocycles. The van der Waals surface area contributed by atoms with E-state index in [2.05, 4.69) is 34.0 Å². The Bertz CT molecular complexity index is 1370. The molecule has 31 heavy (non-hydrogen) atoms. The minimum atomic E-state index is -0.134. The van der Waals surface area contributed by atoms with E-state index in [0.717, 1.165) is 32.4 Å². The van der Waals surface area contributed by atoms with Crippen molar-refractivity contribution in [3.8, 4) is 0 Å². The van der Waals surface area contributed by atoms with Gasteiger partial charge >= 0.3 is 0 Å². The lowest BCUT2D eigenvalue weighted by Gasteiger charge is -2.20. The van der Waals surface area contributed by atoms with Gasteiger partial charge in [0.1, 0.15) is 0 Å². The third-order valence-corrected chi connectivity index (χ3v) is 6.40. The van der Waals surface area contributed by atoms with E-state index in [0.29, 0.717) is 22.8 Å². The van der Waals surface area contributed by atoms with Crippen LogP contribution in [0.25, 0.3) is 21.3 Å². The molecular weight excluding hydrogens is 406 g/mol. The Kier molecular flexibility index (Phi) is 4.88. The summed E-state index contributed by atoms with van der Waals surface area (Å²) < 4.78 is 1.10. The van der Waals surface area contributed by atoms with Gasteiger partial charge < -0.3 is 0 Å². The molecule has 0 saturated heterocycles. The van der Waals surface area contributed by atoms with E-state index in [1.807, 2.05) is 25.1 Å². The Labute approximate surface area is 183 Å². The van der Waals surface area contributed by atoms with Crippen LogP contribution in [0.4, 0.5) is 5.13 Å². The number of carbonyl (C=O) groups is 1. The second-order valence-corrected chi connectivity index (χ2v) is 8.36. The number of carbonyl (C=O) groups excluding carboxylic acids is 1. The van der Waals surface area contributed by atoms with Crippen molar-refractivity contribution in [2.24, 2.45) is 0 Å². The molecule has 1 amide bonds. The highest BCUT2D eigenvalue weighted by Crippen LogP contribution is 2.34. The lowest BCUT2D eigenvalue weighted by Crippen LogP contribution is -2.30. The fourth-order valence-corrected chi connectivity index (χ4v) is 4.63. The highest BCUT2D eigenvalue weighted by Gasteiger charge is 2.23. The van der Waals surface area contributed by atoms with Gasteiger partial charge in [0.2, 0.25) is 0 Å². The smallest absolute Gasteiger partial charge is 0.260 e. The van der Waals surface area contributed by atoms with E-state index in [4.69, 9.17) is 4.98 Å². The van der Waals surface area contributed by atoms with Crippen LogP contribution in [0.1, 0.15) is 27.0 Å². The second kappa shape index (κ2) is 7.85. The highest BCUT2D eigenvalue weighted by atomic mass is 32.1. The average Bonchev–Trinajstić information content (AvgIpc) is 3.26. The molecule has 3 aromatic heterocycles. The van der Waals surface area contributed by atoms with Gasteiger partial charge in [0, 0.05) is 30.4 Å². The first-order valence-corrected chi connectivity index (χ1v) is 10.7. The molecular formula is C24H19N5OS. The van der Waals surface area contributed by atoms with Gasteiger partial charge in [-0.3, -0.25) is 24.6 Å². The Balaban J connectivity index is 1.62. The number of aromatic nitrogens is 4. The number of rotatable bonds is 4. The molecule has 5 aromatic rings. The van der Waals surface area contributed by atoms with Crippen LogP contribution < -0.4 is 4.90 Å². The zero-order chi connectivity index (χ0) is 21.4. The molecule has 3 heterocycles. The van der Waals surface area contributed by atoms with Gasteiger partial charge in [-0.15, -0.1) is 0 Å². The average molecular weight is 426 g/mol. The summed E-state index contributed by atoms with van der Waals surface area (Å²) in [7, 11) is 0. The number of nitrogens with zero attached hydrogens (tertiary/aromatic N) is 5. The van der Waals surface area contributed by atoms with E-state index < -0.39 is 0 Å². The number of amides is 1. The molecule has 7 heteroatoms. The van der Waals surface area contributed by atoms with Crippen molar-refractivity contribution in [1.29, 1.82) is 0 Å². The lowest BCUT2D eigenvalue weighted by molar-refractivity contribution is 0.0985. The van der Waals surface area contributed by atoms with E-state index in [-0.39, 0.29) is 5.91 Å². The number of hydrogen-bond acceptors (Lipinski definition) is 6. The topological polar surface area (TPSA) is 71.9 Å². The van der Waals surface area contributed by atoms with Crippen molar-refractivity contribution < 1.29 is 4.79 Å². The molecule has 0 saturated carbocycles. The van der Waals surface area contributed by atoms with E-state index in [9.17, 15) is 4.79 Å². The molecule has 152 valence electrons. The molecule has 0 atom stereocenters. The van der Waals surface area contributed by atoms with Crippen molar-refractivity contribution in [2.45, 2.75) is 20.4 Å². The number of aryl methyl sites for hydroxylation is 2. The maximum Gasteiger partial charge on any atom is 0.260 e. The first-order valence-electron chi connectivity index (χ1n) is 9.88. The van der Waals surface area contributed by atoms with Crippen LogP contribution in [0, 0.1) is 13.8 Å². The SMILES string of the molecule is Cc1ccc(C)c2sc(N(Cc3cccnc3)C(=O)c3ccc4nccnc4c3)nc12. The van der Waals surface area contributed by atoms with Gasteiger partial charge in [0.25, 0.3) is 5.91 Å². The zero-order valence-electron chi connectivity index (χ0n) is 17.1. The van der Waals surface area contributed by atoms with Crippen LogP contribution >= 0.6 is 11.3 Å². The van der Waals surface area contributed by atoms with Crippen LogP contribution in [0.15, 0.2) is 67.3 Å². The fraction of sp³-hybridized carbons (Fsp3) is 0.125. The summed E-state index contributed by atoms with van der Waals surface area (Å²) in [5.74, 6) is -0.134. The third kappa shape index (κ3) is 3.64. The van der Waals surface area contributed by atoms with Gasteiger partial charge in [0.05, 0.1) is 27.8 Å². The molecule has 0 aliphatic rings. The molecule has 0 aliphatic heterocycles. The van der Waals surface area contributed by atoms with Gasteiger partial charge in [-0.25, -0.2) is 4.98 Å². The molecule has 2 aromatic carbocycles. The predicted molar refractivity (Wildman–Crippen MR) is 123 cm³/mol. The van der Waals surface area contributed by atoms with Crippen molar-refractivity contribution in [1.82, 2.24) is 19.9 Å². The minimum absolute atomic E-state index is 0.134. The normalized spacial score (nSPS) is 11.2. The van der Waals surface area contributed by atoms with Gasteiger partial charge in [0.15, 0.2) is 5.13 Å². The van der Waals surface area contributed by atoms with Crippen LogP contribution in [0.5, 0.6) is 0 Å². The monoisotopic (exact) mass is 425 g/mol. The third-order valence-electron chi connectivity index (χ3n) is 5.19. The number of thiazole rings is 1. The van der Waals surface area contributed by atoms with Crippen LogP contribution in [-0.2, 0) is 6.54 Å². The number of pyridine rings is 1. The van der Waals surface area contributed by atoms with Crippen molar-refractivity contribution in [3.05, 3.63) is 89.5 Å². The molecule has 0 spiro atoms. The van der Waals surface area contributed by atoms with Crippen LogP contribution in [0.3, 0.4) is 0 Å². The van der Waals surface area contributed by atoms with Gasteiger partial charge in [-0.2, -0.15) is 0 Å². The van der Waals surface area contributed by atoms with Crippen molar-refractivity contribution in [2.75, 3.05) is 4.90 Å². The molecule has 5 rings (SSSR count). The van der Waals surface area contributed by atoms with Crippen LogP contribution in [0.2, 0.25) is 0 Å². The summed E-state index contributed by atoms with van der Waals surface area (Å²) in [5, 5.41) is 0.667. The van der Waals surface area contributed by atoms with Crippen molar-refractivity contribution in [3.63, 3.8) is 0 Å². The maximum atomic E-state index is 13.7. The molecule has 0 bridgehead atoms. The van der Waals surface area contributed by atoms with E-state index >= 15 is 0 Å². The van der Waals surface area contributed by atoms with Crippen molar-refractivity contribution >= 4 is 43.6 Å². The Hall–Kier alpha value is -3.71. The quantitative estimate of drug-likeness (QED) is 0.401. The number of benzene rings is 2. The second-order valence-electron chi connectivity index (χ2n) is 7.39. The highest BCUT2D eigenvalue weighted by molar-refractivity contribution is 7.22. The van der Waals surface area contributed by atoms with E-state index in [1.54, 1.807) is 41.8 Å². The Morgan fingerprint density at radius 1 is 0.968 bits per heavy atom. The van der Waals surface area contributed by atoms with Gasteiger partial charge in [-0.05, 0) is 54.8 Å². The Morgan fingerprint density at radius 3 is 2.55 bits per heavy atom. The lowest BCUT2D eigenvalue weighted by atomic mass is 10.1. The number of hydrogen-bond donors (Lipinski definition) is 0. The Morgan fingerprint density at radius 2 is 1.77 bits per heavy atom. The standard InChI is InChI=1S/C24H19N5OS/c1-15-5-6-16(2)22-21(15)28-24(31-22)29(14-17-4-3-9-25-13-17)23(30)18-7-8-19-20(12-18)27-11-10-26-19/h3-13H,14H2,1-2H3. The molecule has 6 nitrogen and oxygen atoms in total. The first-order chi connectivity index (χ1) is 15.1. The minimum Gasteiger partial charge on any atom is -0.279 e. The molecule has 0 N–H and O–H groups in total. The zero-order valence-corrected chi connectivity index (χ0v) is 17.9. The maximum absolute atomic E-state index is 13.7. The summed E-state index contributed by atoms with van der Waals surface area (Å²) in [6.07, 6.45) is 6.77. The van der Waals surface area contributed by atoms with E-state index in [1.165, 1.54) is 11.3 Å². The number of anilines is 1. The summed E-state index contributed by atoms with van der Waals surface area (Å²) in [6.45, 7) is 4.49. The summed E-state index contributed by atoms with van der Waals surface area (Å²) >= 11 is 1.54. The summed E-state index contributed by atoms with van der Waals surface area (Å²) in [6, 6.07) is 13.4. The fourth-order valence-electron chi connectivity index (χ4n) is 3.52. The molecule has 0 radical (unpaired) electrons. The molecule has 0 unspecified atom stereocenters. The molecule has 0 fully saturated rings. The van der Waals surface area contributed by atoms with Crippen LogP contribution in [-0.4, -0.2) is 25.8 Å². The summed E-state index contributed by atoms with van der Waals surface area (Å²) in [5.41, 5.74) is 6.11. The predicted octanol–water partition coefficient (Wildman–Crippen LogP) is 5.10. The largest absolute Gasteiger partial charge is 0.279 e.